The van der Waals surface area contributed by atoms with E-state index in [1.165, 1.54) is 35.3 Å². The molecule has 34 heavy (non-hydrogen) atoms. The molecular formula is C22H24F3N7OS. The van der Waals surface area contributed by atoms with Crippen molar-refractivity contribution in [2.75, 3.05) is 27.2 Å². The lowest BCUT2D eigenvalue weighted by Gasteiger charge is -2.10. The summed E-state index contributed by atoms with van der Waals surface area (Å²) < 4.78 is 42.2. The number of alkyl halides is 3. The van der Waals surface area contributed by atoms with Gasteiger partial charge in [0.2, 0.25) is 0 Å². The zero-order valence-electron chi connectivity index (χ0n) is 18.6. The van der Waals surface area contributed by atoms with Crippen LogP contribution in [-0.4, -0.2) is 64.5 Å². The van der Waals surface area contributed by atoms with E-state index in [9.17, 15) is 13.2 Å². The SMILES string of the molecule is CN(C)CCCNC(=S)N/N=C/c1ccc(-c2ncn(-c3ccc(OC(F)(F)F)cc3)n2)cc1. The van der Waals surface area contributed by atoms with Crippen molar-refractivity contribution in [1.82, 2.24) is 30.4 Å². The monoisotopic (exact) mass is 491 g/mol. The van der Waals surface area contributed by atoms with Gasteiger partial charge in [-0.25, -0.2) is 9.67 Å². The normalized spacial score (nSPS) is 11.7. The van der Waals surface area contributed by atoms with Crippen molar-refractivity contribution in [3.05, 3.63) is 60.4 Å². The average Bonchev–Trinajstić information content (AvgIpc) is 3.27. The second-order valence-electron chi connectivity index (χ2n) is 7.46. The highest BCUT2D eigenvalue weighted by Gasteiger charge is 2.31. The fraction of sp³-hybridized carbons (Fsp3) is 0.273. The van der Waals surface area contributed by atoms with Gasteiger partial charge in [0, 0.05) is 12.1 Å². The van der Waals surface area contributed by atoms with Gasteiger partial charge in [0.05, 0.1) is 11.9 Å². The molecule has 0 amide bonds. The van der Waals surface area contributed by atoms with Crippen LogP contribution in [0.3, 0.4) is 0 Å². The molecule has 8 nitrogen and oxygen atoms in total. The van der Waals surface area contributed by atoms with E-state index in [2.05, 4.69) is 35.6 Å². The molecule has 0 unspecified atom stereocenters. The van der Waals surface area contributed by atoms with E-state index in [0.29, 0.717) is 16.6 Å². The van der Waals surface area contributed by atoms with E-state index >= 15 is 0 Å². The Bertz CT molecular complexity index is 1100. The number of aromatic nitrogens is 3. The fourth-order valence-electron chi connectivity index (χ4n) is 2.84. The lowest BCUT2D eigenvalue weighted by atomic mass is 10.1. The Morgan fingerprint density at radius 1 is 1.15 bits per heavy atom. The highest BCUT2D eigenvalue weighted by atomic mass is 32.1. The lowest BCUT2D eigenvalue weighted by molar-refractivity contribution is -0.274. The quantitative estimate of drug-likeness (QED) is 0.205. The van der Waals surface area contributed by atoms with Gasteiger partial charge in [0.25, 0.3) is 0 Å². The maximum absolute atomic E-state index is 12.3. The van der Waals surface area contributed by atoms with Crippen molar-refractivity contribution in [3.63, 3.8) is 0 Å². The van der Waals surface area contributed by atoms with Gasteiger partial charge in [-0.05, 0) is 69.1 Å². The number of hydrazone groups is 1. The molecule has 0 spiro atoms. The van der Waals surface area contributed by atoms with E-state index in [-0.39, 0.29) is 5.75 Å². The van der Waals surface area contributed by atoms with Crippen LogP contribution < -0.4 is 15.5 Å². The Morgan fingerprint density at radius 2 is 1.85 bits per heavy atom. The Morgan fingerprint density at radius 3 is 2.50 bits per heavy atom. The molecule has 12 heteroatoms. The Labute approximate surface area is 200 Å². The first-order chi connectivity index (χ1) is 16.2. The molecule has 0 aliphatic carbocycles. The van der Waals surface area contributed by atoms with Gasteiger partial charge in [0.1, 0.15) is 12.1 Å². The van der Waals surface area contributed by atoms with Crippen LogP contribution >= 0.6 is 12.2 Å². The summed E-state index contributed by atoms with van der Waals surface area (Å²) in [5, 5.41) is 12.1. The van der Waals surface area contributed by atoms with Crippen molar-refractivity contribution in [2.45, 2.75) is 12.8 Å². The standard InChI is InChI=1S/C22H24F3N7OS/c1-31(2)13-3-12-26-21(34)29-28-14-16-4-6-17(7-5-16)20-27-15-32(30-20)18-8-10-19(11-9-18)33-22(23,24)25/h4-11,14-15H,3,12-13H2,1-2H3,(H2,26,29,34)/b28-14+. The van der Waals surface area contributed by atoms with Crippen LogP contribution in [0, 0.1) is 0 Å². The van der Waals surface area contributed by atoms with Gasteiger partial charge in [-0.2, -0.15) is 5.10 Å². The largest absolute Gasteiger partial charge is 0.573 e. The molecule has 3 aromatic rings. The van der Waals surface area contributed by atoms with Crippen molar-refractivity contribution in [2.24, 2.45) is 5.10 Å². The molecule has 0 bridgehead atoms. The number of hydrogen-bond acceptors (Lipinski definition) is 6. The predicted molar refractivity (Wildman–Crippen MR) is 128 cm³/mol. The number of thiocarbonyl (C=S) groups is 1. The van der Waals surface area contributed by atoms with Crippen molar-refractivity contribution in [3.8, 4) is 22.8 Å². The number of nitrogens with one attached hydrogen (secondary N) is 2. The molecule has 0 aliphatic heterocycles. The molecule has 0 fully saturated rings. The minimum absolute atomic E-state index is 0.302. The number of halogens is 3. The van der Waals surface area contributed by atoms with Crippen LogP contribution in [0.25, 0.3) is 17.1 Å². The summed E-state index contributed by atoms with van der Waals surface area (Å²) in [6, 6.07) is 12.8. The van der Waals surface area contributed by atoms with E-state index in [1.54, 1.807) is 6.21 Å². The highest BCUT2D eigenvalue weighted by molar-refractivity contribution is 7.80. The lowest BCUT2D eigenvalue weighted by Crippen LogP contribution is -2.33. The van der Waals surface area contributed by atoms with Crippen molar-refractivity contribution < 1.29 is 17.9 Å². The smallest absolute Gasteiger partial charge is 0.406 e. The molecule has 180 valence electrons. The number of hydrogen-bond donors (Lipinski definition) is 2. The van der Waals surface area contributed by atoms with Gasteiger partial charge in [0.15, 0.2) is 10.9 Å². The van der Waals surface area contributed by atoms with Crippen LogP contribution in [0.4, 0.5) is 13.2 Å². The van der Waals surface area contributed by atoms with E-state index in [4.69, 9.17) is 12.2 Å². The van der Waals surface area contributed by atoms with E-state index in [0.717, 1.165) is 30.6 Å². The molecule has 2 N–H and O–H groups in total. The van der Waals surface area contributed by atoms with Crippen LogP contribution in [0.1, 0.15) is 12.0 Å². The fourth-order valence-corrected chi connectivity index (χ4v) is 3.00. The minimum Gasteiger partial charge on any atom is -0.406 e. The zero-order chi connectivity index (χ0) is 24.6. The molecule has 2 aromatic carbocycles. The van der Waals surface area contributed by atoms with Gasteiger partial charge in [-0.15, -0.1) is 18.3 Å². The van der Waals surface area contributed by atoms with Crippen LogP contribution in [-0.2, 0) is 0 Å². The Balaban J connectivity index is 1.53. The van der Waals surface area contributed by atoms with Crippen LogP contribution in [0.2, 0.25) is 0 Å². The van der Waals surface area contributed by atoms with Crippen LogP contribution in [0.5, 0.6) is 5.75 Å². The summed E-state index contributed by atoms with van der Waals surface area (Å²) >= 11 is 5.18. The molecule has 1 heterocycles. The van der Waals surface area contributed by atoms with Crippen LogP contribution in [0.15, 0.2) is 60.0 Å². The third-order valence-corrected chi connectivity index (χ3v) is 4.68. The van der Waals surface area contributed by atoms with Crippen molar-refractivity contribution >= 4 is 23.5 Å². The topological polar surface area (TPSA) is 79.6 Å². The third kappa shape index (κ3) is 8.12. The summed E-state index contributed by atoms with van der Waals surface area (Å²) in [5.41, 5.74) is 4.96. The number of ether oxygens (including phenoxy) is 1. The minimum atomic E-state index is -4.73. The van der Waals surface area contributed by atoms with Gasteiger partial charge < -0.3 is 15.0 Å². The molecular weight excluding hydrogens is 467 g/mol. The van der Waals surface area contributed by atoms with Gasteiger partial charge in [-0.3, -0.25) is 5.43 Å². The third-order valence-electron chi connectivity index (χ3n) is 4.44. The summed E-state index contributed by atoms with van der Waals surface area (Å²) in [7, 11) is 4.04. The summed E-state index contributed by atoms with van der Waals surface area (Å²) in [5.74, 6) is 0.171. The molecule has 0 saturated carbocycles. The number of rotatable bonds is 9. The van der Waals surface area contributed by atoms with Gasteiger partial charge in [-0.1, -0.05) is 24.3 Å². The molecule has 0 aliphatic rings. The Hall–Kier alpha value is -3.51. The van der Waals surface area contributed by atoms with Gasteiger partial charge >= 0.3 is 6.36 Å². The Kier molecular flexibility index (Phi) is 8.55. The first-order valence-corrected chi connectivity index (χ1v) is 10.7. The average molecular weight is 492 g/mol. The molecule has 0 radical (unpaired) electrons. The summed E-state index contributed by atoms with van der Waals surface area (Å²) in [6.07, 6.45) is -0.625. The second kappa shape index (κ2) is 11.6. The predicted octanol–water partition coefficient (Wildman–Crippen LogP) is 3.58. The first-order valence-electron chi connectivity index (χ1n) is 10.3. The highest BCUT2D eigenvalue weighted by Crippen LogP contribution is 2.24. The second-order valence-corrected chi connectivity index (χ2v) is 7.87. The summed E-state index contributed by atoms with van der Waals surface area (Å²) in [4.78, 5) is 6.38. The van der Waals surface area contributed by atoms with Crippen molar-refractivity contribution in [1.29, 1.82) is 0 Å². The molecule has 0 atom stereocenters. The molecule has 3 rings (SSSR count). The summed E-state index contributed by atoms with van der Waals surface area (Å²) in [6.45, 7) is 1.74. The molecule has 0 saturated heterocycles. The zero-order valence-corrected chi connectivity index (χ0v) is 19.4. The maximum Gasteiger partial charge on any atom is 0.573 e. The maximum atomic E-state index is 12.3. The number of nitrogens with zero attached hydrogens (tertiary/aromatic N) is 5. The number of benzene rings is 2. The van der Waals surface area contributed by atoms with E-state index in [1.807, 2.05) is 38.4 Å². The first kappa shape index (κ1) is 25.1. The molecule has 1 aromatic heterocycles. The van der Waals surface area contributed by atoms with E-state index < -0.39 is 6.36 Å².